The topological polar surface area (TPSA) is 198 Å². The highest BCUT2D eigenvalue weighted by Crippen LogP contribution is 2.43. The molecule has 0 fully saturated rings. The lowest BCUT2D eigenvalue weighted by Gasteiger charge is -2.20. The zero-order valence-electron chi connectivity index (χ0n) is 44.7. The fourth-order valence-electron chi connectivity index (χ4n) is 7.76. The number of carbonyl (C=O) groups excluding carboxylic acids is 4. The van der Waals surface area contributed by atoms with E-state index in [0.29, 0.717) is 31.6 Å². The highest BCUT2D eigenvalue weighted by molar-refractivity contribution is 8.76. The number of carbonyl (C=O) groups is 4. The van der Waals surface area contributed by atoms with Crippen molar-refractivity contribution in [3.63, 3.8) is 0 Å². The van der Waals surface area contributed by atoms with Gasteiger partial charge in [-0.05, 0) is 35.8 Å². The molecule has 0 aliphatic rings. The van der Waals surface area contributed by atoms with Gasteiger partial charge in [0.1, 0.15) is 18.2 Å². The van der Waals surface area contributed by atoms with Crippen LogP contribution in [0.5, 0.6) is 0 Å². The number of pyridine rings is 1. The van der Waals surface area contributed by atoms with Gasteiger partial charge in [-0.3, -0.25) is 23.4 Å². The van der Waals surface area contributed by atoms with E-state index in [2.05, 4.69) is 29.5 Å². The molecule has 0 aliphatic carbocycles. The van der Waals surface area contributed by atoms with Gasteiger partial charge in [0.05, 0.1) is 26.4 Å². The zero-order chi connectivity index (χ0) is 52.3. The minimum Gasteiger partial charge on any atom is -0.462 e. The molecule has 1 rings (SSSR count). The lowest BCUT2D eigenvalue weighted by atomic mass is 10.0. The average Bonchev–Trinajstić information content (AvgIpc) is 3.37. The normalized spacial score (nSPS) is 12.5. The summed E-state index contributed by atoms with van der Waals surface area (Å²) >= 11 is 0. The van der Waals surface area contributed by atoms with Gasteiger partial charge in [0.25, 0.3) is 0 Å². The molecular weight excluding hydrogens is 978 g/mol. The summed E-state index contributed by atoms with van der Waals surface area (Å²) in [5.41, 5.74) is 0. The number of aromatic nitrogens is 1. The van der Waals surface area contributed by atoms with Crippen LogP contribution in [0, 0.1) is 0 Å². The molecular formula is C54H98N3O12PS2. The molecule has 2 amide bonds. The van der Waals surface area contributed by atoms with E-state index in [1.807, 2.05) is 18.2 Å². The third-order valence-corrected chi connectivity index (χ3v) is 15.2. The van der Waals surface area contributed by atoms with E-state index < -0.39 is 38.6 Å². The number of unbranched alkanes of at least 4 members (excludes halogenated alkanes) is 28. The maximum atomic E-state index is 12.8. The van der Waals surface area contributed by atoms with Crippen LogP contribution in [-0.2, 0) is 46.9 Å². The van der Waals surface area contributed by atoms with E-state index in [4.69, 9.17) is 28.0 Å². The molecule has 18 heteroatoms. The van der Waals surface area contributed by atoms with Crippen molar-refractivity contribution in [2.45, 2.75) is 237 Å². The third kappa shape index (κ3) is 47.3. The molecule has 1 aromatic rings. The highest BCUT2D eigenvalue weighted by atomic mass is 33.1. The van der Waals surface area contributed by atoms with Crippen molar-refractivity contribution in [1.82, 2.24) is 15.6 Å². The van der Waals surface area contributed by atoms with Crippen LogP contribution in [-0.4, -0.2) is 98.4 Å². The quantitative estimate of drug-likeness (QED) is 0.0183. The van der Waals surface area contributed by atoms with E-state index in [1.54, 1.807) is 17.0 Å². The lowest BCUT2D eigenvalue weighted by molar-refractivity contribution is -0.161. The number of nitrogens with one attached hydrogen (secondary N) is 2. The predicted octanol–water partition coefficient (Wildman–Crippen LogP) is 14.2. The smallest absolute Gasteiger partial charge is 0.462 e. The Balaban J connectivity index is 2.32. The SMILES string of the molecule is CCCCCCCCCCCCCCCCCC(=O)OCC(COP(=O)(O)OCCNC(=O)OCCOCCNC(=O)CCSSc1ccccn1)OC(=O)CCCCCCCCCCCCCCCCC. The number of phosphoric acid groups is 1. The average molecular weight is 1080 g/mol. The Morgan fingerprint density at radius 2 is 1.07 bits per heavy atom. The summed E-state index contributed by atoms with van der Waals surface area (Å²) in [6.07, 6.45) is 37.1. The molecule has 0 aromatic carbocycles. The summed E-state index contributed by atoms with van der Waals surface area (Å²) in [6, 6.07) is 5.68. The van der Waals surface area contributed by atoms with Crippen LogP contribution >= 0.6 is 29.4 Å². The van der Waals surface area contributed by atoms with Gasteiger partial charge in [0.15, 0.2) is 6.10 Å². The molecule has 0 radical (unpaired) electrons. The third-order valence-electron chi connectivity index (χ3n) is 12.0. The molecule has 418 valence electrons. The number of amides is 2. The van der Waals surface area contributed by atoms with Gasteiger partial charge >= 0.3 is 25.9 Å². The molecule has 1 heterocycles. The number of hydrogen-bond acceptors (Lipinski definition) is 14. The van der Waals surface area contributed by atoms with Gasteiger partial charge < -0.3 is 34.5 Å². The molecule has 15 nitrogen and oxygen atoms in total. The van der Waals surface area contributed by atoms with Crippen molar-refractivity contribution < 1.29 is 56.6 Å². The molecule has 72 heavy (non-hydrogen) atoms. The highest BCUT2D eigenvalue weighted by Gasteiger charge is 2.26. The molecule has 2 atom stereocenters. The summed E-state index contributed by atoms with van der Waals surface area (Å²) in [7, 11) is -1.57. The monoisotopic (exact) mass is 1080 g/mol. The van der Waals surface area contributed by atoms with E-state index in [-0.39, 0.29) is 58.3 Å². The largest absolute Gasteiger partial charge is 0.472 e. The minimum atomic E-state index is -4.64. The lowest BCUT2D eigenvalue weighted by Crippen LogP contribution is -2.30. The summed E-state index contributed by atoms with van der Waals surface area (Å²) < 4.78 is 44.3. The van der Waals surface area contributed by atoms with Crippen LogP contribution in [0.1, 0.15) is 226 Å². The molecule has 2 unspecified atom stereocenters. The van der Waals surface area contributed by atoms with E-state index in [1.165, 1.54) is 152 Å². The van der Waals surface area contributed by atoms with Crippen LogP contribution in [0.4, 0.5) is 4.79 Å². The van der Waals surface area contributed by atoms with E-state index in [0.717, 1.165) is 43.6 Å². The van der Waals surface area contributed by atoms with Gasteiger partial charge in [-0.25, -0.2) is 14.3 Å². The van der Waals surface area contributed by atoms with Crippen molar-refractivity contribution in [1.29, 1.82) is 0 Å². The molecule has 0 aliphatic heterocycles. The number of ether oxygens (including phenoxy) is 4. The number of phosphoric ester groups is 1. The van der Waals surface area contributed by atoms with Crippen molar-refractivity contribution in [2.24, 2.45) is 0 Å². The van der Waals surface area contributed by atoms with Gasteiger partial charge in [0.2, 0.25) is 5.91 Å². The minimum absolute atomic E-state index is 0.0484. The number of alkyl carbamates (subject to hydrolysis) is 1. The first-order valence-electron chi connectivity index (χ1n) is 28.1. The van der Waals surface area contributed by atoms with Crippen molar-refractivity contribution in [3.8, 4) is 0 Å². The van der Waals surface area contributed by atoms with E-state index in [9.17, 15) is 28.6 Å². The molecule has 0 saturated heterocycles. The van der Waals surface area contributed by atoms with Crippen molar-refractivity contribution in [3.05, 3.63) is 24.4 Å². The first-order chi connectivity index (χ1) is 35.1. The fraction of sp³-hybridized carbons (Fsp3) is 0.833. The summed E-state index contributed by atoms with van der Waals surface area (Å²) in [6.45, 7) is 3.73. The standard InChI is InChI=1S/C54H98N3O12PS2/c1-3-5-7-9-11-13-15-17-19-21-23-25-27-29-31-36-52(59)66-47-49(69-53(60)37-32-30-28-26-24-22-20-18-16-14-12-10-8-6-4-2)48-68-70(62,63)67-43-41-57-54(61)65-45-44-64-42-40-55-50(58)38-46-71-72-51-35-33-34-39-56-51/h33-35,39,49H,3-32,36-38,40-48H2,1-2H3,(H,55,58)(H,57,61)(H,62,63). The maximum absolute atomic E-state index is 12.8. The van der Waals surface area contributed by atoms with Crippen LogP contribution in [0.15, 0.2) is 29.4 Å². The Kier molecular flexibility index (Phi) is 47.7. The van der Waals surface area contributed by atoms with Crippen molar-refractivity contribution >= 4 is 53.3 Å². The first-order valence-corrected chi connectivity index (χ1v) is 31.9. The van der Waals surface area contributed by atoms with Gasteiger partial charge in [0, 0.05) is 44.3 Å². The molecule has 0 spiro atoms. The molecule has 0 saturated carbocycles. The summed E-state index contributed by atoms with van der Waals surface area (Å²) in [5, 5.41) is 6.08. The van der Waals surface area contributed by atoms with Crippen LogP contribution in [0.25, 0.3) is 0 Å². The Morgan fingerprint density at radius 3 is 1.58 bits per heavy atom. The second-order valence-electron chi connectivity index (χ2n) is 18.6. The predicted molar refractivity (Wildman–Crippen MR) is 292 cm³/mol. The van der Waals surface area contributed by atoms with Crippen LogP contribution < -0.4 is 10.6 Å². The number of rotatable bonds is 53. The Bertz CT molecular complexity index is 1490. The van der Waals surface area contributed by atoms with Gasteiger partial charge in [-0.1, -0.05) is 210 Å². The Morgan fingerprint density at radius 1 is 0.569 bits per heavy atom. The maximum Gasteiger partial charge on any atom is 0.472 e. The second kappa shape index (κ2) is 50.7. The molecule has 3 N–H and O–H groups in total. The zero-order valence-corrected chi connectivity index (χ0v) is 47.3. The number of nitrogens with zero attached hydrogens (tertiary/aromatic N) is 1. The second-order valence-corrected chi connectivity index (χ2v) is 22.5. The molecule has 1 aromatic heterocycles. The first kappa shape index (κ1) is 67.6. The summed E-state index contributed by atoms with van der Waals surface area (Å²) in [5.74, 6) is -0.375. The van der Waals surface area contributed by atoms with Crippen LogP contribution in [0.3, 0.4) is 0 Å². The van der Waals surface area contributed by atoms with Gasteiger partial charge in [-0.2, -0.15) is 0 Å². The summed E-state index contributed by atoms with van der Waals surface area (Å²) in [4.78, 5) is 64.1. The number of hydrogen-bond donors (Lipinski definition) is 3. The van der Waals surface area contributed by atoms with Crippen molar-refractivity contribution in [2.75, 3.05) is 58.5 Å². The Hall–Kier alpha value is -2.40. The number of esters is 2. The Labute approximate surface area is 443 Å². The van der Waals surface area contributed by atoms with Crippen LogP contribution in [0.2, 0.25) is 0 Å². The van der Waals surface area contributed by atoms with Gasteiger partial charge in [-0.15, -0.1) is 0 Å². The fourth-order valence-corrected chi connectivity index (χ4v) is 10.4. The van der Waals surface area contributed by atoms with E-state index >= 15 is 0 Å². The molecule has 0 bridgehead atoms.